The van der Waals surface area contributed by atoms with Crippen LogP contribution in [0, 0.1) is 5.41 Å². The number of phenolic OH excluding ortho intramolecular Hbond substituents is 1. The summed E-state index contributed by atoms with van der Waals surface area (Å²) in [7, 11) is 0. The van der Waals surface area contributed by atoms with E-state index in [1.54, 1.807) is 24.3 Å². The van der Waals surface area contributed by atoms with Crippen LogP contribution in [-0.2, 0) is 0 Å². The lowest BCUT2D eigenvalue weighted by Gasteiger charge is -2.11. The molecule has 0 saturated heterocycles. The average molecular weight is 333 g/mol. The van der Waals surface area contributed by atoms with E-state index in [9.17, 15) is 10.2 Å². The van der Waals surface area contributed by atoms with Crippen LogP contribution in [0.25, 0.3) is 16.6 Å². The van der Waals surface area contributed by atoms with E-state index in [1.807, 2.05) is 24.3 Å². The van der Waals surface area contributed by atoms with Crippen LogP contribution in [-0.4, -0.2) is 43.8 Å². The lowest BCUT2D eigenvalue weighted by atomic mass is 10.2. The summed E-state index contributed by atoms with van der Waals surface area (Å²) < 4.78 is 0. The number of nitrogens with zero attached hydrogens (tertiary/aromatic N) is 3. The van der Waals surface area contributed by atoms with E-state index in [0.717, 1.165) is 11.0 Å². The second kappa shape index (κ2) is 5.79. The van der Waals surface area contributed by atoms with E-state index in [-0.39, 0.29) is 23.9 Å². The van der Waals surface area contributed by atoms with Crippen LogP contribution in [0.4, 0.5) is 0 Å². The first-order chi connectivity index (χ1) is 12.1. The number of aromatic nitrogens is 2. The Kier molecular flexibility index (Phi) is 3.46. The largest absolute Gasteiger partial charge is 0.509 e. The molecule has 2 heterocycles. The monoisotopic (exact) mass is 333 g/mol. The van der Waals surface area contributed by atoms with Gasteiger partial charge in [-0.15, -0.1) is 0 Å². The number of fused-ring (bicyclic) bond motifs is 1. The number of aromatic amines is 1. The lowest BCUT2D eigenvalue weighted by molar-refractivity contribution is 0.358. The first-order valence-corrected chi connectivity index (χ1v) is 7.69. The molecule has 0 atom stereocenters. The molecule has 1 aliphatic heterocycles. The highest BCUT2D eigenvalue weighted by Gasteiger charge is 2.30. The number of rotatable bonds is 3. The molecule has 0 fully saturated rings. The van der Waals surface area contributed by atoms with Gasteiger partial charge < -0.3 is 15.2 Å². The number of amidine groups is 1. The van der Waals surface area contributed by atoms with Gasteiger partial charge in [0.15, 0.2) is 5.84 Å². The van der Waals surface area contributed by atoms with Crippen molar-refractivity contribution in [1.82, 2.24) is 15.0 Å². The second-order valence-electron chi connectivity index (χ2n) is 5.63. The molecule has 0 amide bonds. The van der Waals surface area contributed by atoms with Crippen LogP contribution in [0.5, 0.6) is 5.75 Å². The molecule has 1 aromatic heterocycles. The van der Waals surface area contributed by atoms with Gasteiger partial charge in [0.2, 0.25) is 0 Å². The smallest absolute Gasteiger partial charge is 0.156 e. The van der Waals surface area contributed by atoms with Crippen molar-refractivity contribution < 1.29 is 10.2 Å². The average Bonchev–Trinajstić information content (AvgIpc) is 3.14. The first kappa shape index (κ1) is 14.9. The molecule has 7 nitrogen and oxygen atoms in total. The van der Waals surface area contributed by atoms with E-state index in [4.69, 9.17) is 5.41 Å². The summed E-state index contributed by atoms with van der Waals surface area (Å²) in [4.78, 5) is 7.54. The van der Waals surface area contributed by atoms with Gasteiger partial charge in [0.05, 0.1) is 17.2 Å². The van der Waals surface area contributed by atoms with Gasteiger partial charge in [0, 0.05) is 5.56 Å². The third kappa shape index (κ3) is 2.61. The lowest BCUT2D eigenvalue weighted by Crippen LogP contribution is -2.21. The Morgan fingerprint density at radius 3 is 2.68 bits per heavy atom. The molecule has 0 unspecified atom stereocenters. The summed E-state index contributed by atoms with van der Waals surface area (Å²) in [6.07, 6.45) is 1.46. The van der Waals surface area contributed by atoms with Gasteiger partial charge in [-0.2, -0.15) is 5.10 Å². The number of aromatic hydroxyl groups is 1. The van der Waals surface area contributed by atoms with Crippen LogP contribution >= 0.6 is 0 Å². The van der Waals surface area contributed by atoms with Crippen molar-refractivity contribution in [3.8, 4) is 5.75 Å². The number of nitrogens with one attached hydrogen (secondary N) is 2. The van der Waals surface area contributed by atoms with E-state index in [0.29, 0.717) is 17.0 Å². The molecule has 0 spiro atoms. The maximum absolute atomic E-state index is 10.3. The summed E-state index contributed by atoms with van der Waals surface area (Å²) in [5, 5.41) is 33.9. The molecule has 4 N–H and O–H groups in total. The fraction of sp³-hybridized carbons (Fsp3) is 0.0556. The molecule has 0 radical (unpaired) electrons. The van der Waals surface area contributed by atoms with Gasteiger partial charge in [-0.1, -0.05) is 24.3 Å². The molecule has 0 aliphatic carbocycles. The number of hydrogen-bond donors (Lipinski definition) is 4. The van der Waals surface area contributed by atoms with Gasteiger partial charge >= 0.3 is 0 Å². The minimum atomic E-state index is 0.0264. The van der Waals surface area contributed by atoms with Crippen molar-refractivity contribution in [3.05, 3.63) is 65.7 Å². The molecular formula is C18H15N5O2. The van der Waals surface area contributed by atoms with E-state index < -0.39 is 0 Å². The Balaban J connectivity index is 1.62. The van der Waals surface area contributed by atoms with Crippen LogP contribution < -0.4 is 0 Å². The summed E-state index contributed by atoms with van der Waals surface area (Å²) in [6, 6.07) is 14.3. The van der Waals surface area contributed by atoms with Gasteiger partial charge in [-0.3, -0.25) is 5.41 Å². The zero-order valence-electron chi connectivity index (χ0n) is 13.1. The van der Waals surface area contributed by atoms with Crippen molar-refractivity contribution in [2.75, 3.05) is 6.54 Å². The van der Waals surface area contributed by atoms with Gasteiger partial charge in [-0.25, -0.2) is 9.99 Å². The minimum Gasteiger partial charge on any atom is -0.509 e. The zero-order valence-corrected chi connectivity index (χ0v) is 13.1. The molecule has 25 heavy (non-hydrogen) atoms. The Morgan fingerprint density at radius 1 is 1.12 bits per heavy atom. The molecule has 2 aromatic carbocycles. The van der Waals surface area contributed by atoms with Crippen molar-refractivity contribution in [2.45, 2.75) is 0 Å². The summed E-state index contributed by atoms with van der Waals surface area (Å²) in [6.45, 7) is 0.0787. The fourth-order valence-corrected chi connectivity index (χ4v) is 2.71. The third-order valence-electron chi connectivity index (χ3n) is 3.98. The second-order valence-corrected chi connectivity index (χ2v) is 5.63. The number of hydrazone groups is 1. The summed E-state index contributed by atoms with van der Waals surface area (Å²) >= 11 is 0. The number of phenols is 1. The van der Waals surface area contributed by atoms with Gasteiger partial charge in [-0.05, 0) is 24.3 Å². The van der Waals surface area contributed by atoms with Crippen molar-refractivity contribution >= 4 is 28.7 Å². The fourth-order valence-electron chi connectivity index (χ4n) is 2.71. The third-order valence-corrected chi connectivity index (χ3v) is 3.98. The van der Waals surface area contributed by atoms with E-state index in [1.165, 1.54) is 11.2 Å². The minimum absolute atomic E-state index is 0.0264. The Hall–Kier alpha value is -3.61. The van der Waals surface area contributed by atoms with E-state index >= 15 is 0 Å². The highest BCUT2D eigenvalue weighted by Crippen LogP contribution is 2.27. The number of benzene rings is 2. The summed E-state index contributed by atoms with van der Waals surface area (Å²) in [5.41, 5.74) is 2.46. The Morgan fingerprint density at radius 2 is 1.88 bits per heavy atom. The number of aliphatic hydroxyl groups excluding tert-OH is 1. The standard InChI is InChI=1S/C18H15N5O2/c19-17-16(18-21-12-6-2-3-7-13(12)22-18)15(25)10-23(17)20-9-11-5-1-4-8-14(11)24/h1-9,19,24-25H,10H2,(H,21,22). The Labute approximate surface area is 143 Å². The summed E-state index contributed by atoms with van der Waals surface area (Å²) in [5.74, 6) is 0.609. The zero-order chi connectivity index (χ0) is 17.4. The molecule has 0 bridgehead atoms. The number of hydrogen-bond acceptors (Lipinski definition) is 5. The first-order valence-electron chi connectivity index (χ1n) is 7.69. The van der Waals surface area contributed by atoms with Crippen molar-refractivity contribution in [1.29, 1.82) is 5.41 Å². The maximum Gasteiger partial charge on any atom is 0.156 e. The highest BCUT2D eigenvalue weighted by atomic mass is 16.3. The molecule has 7 heteroatoms. The van der Waals surface area contributed by atoms with Crippen LogP contribution in [0.3, 0.4) is 0 Å². The SMILES string of the molecule is N=C1C(c2nc3ccccc3[nH]2)=C(O)CN1N=Cc1ccccc1O. The maximum atomic E-state index is 10.3. The topological polar surface area (TPSA) is 109 Å². The molecule has 3 aromatic rings. The van der Waals surface area contributed by atoms with Crippen LogP contribution in [0.1, 0.15) is 11.4 Å². The van der Waals surface area contributed by atoms with Gasteiger partial charge in [0.1, 0.15) is 29.5 Å². The quantitative estimate of drug-likeness (QED) is 0.553. The molecule has 4 rings (SSSR count). The van der Waals surface area contributed by atoms with Crippen LogP contribution in [0.15, 0.2) is 59.4 Å². The molecule has 1 aliphatic rings. The van der Waals surface area contributed by atoms with Crippen LogP contribution in [0.2, 0.25) is 0 Å². The predicted molar refractivity (Wildman–Crippen MR) is 95.8 cm³/mol. The van der Waals surface area contributed by atoms with E-state index in [2.05, 4.69) is 15.1 Å². The van der Waals surface area contributed by atoms with Crippen molar-refractivity contribution in [3.63, 3.8) is 0 Å². The number of H-pyrrole nitrogens is 1. The van der Waals surface area contributed by atoms with Gasteiger partial charge in [0.25, 0.3) is 0 Å². The predicted octanol–water partition coefficient (Wildman–Crippen LogP) is 2.86. The highest BCUT2D eigenvalue weighted by molar-refractivity contribution is 6.23. The number of para-hydroxylation sites is 3. The number of aliphatic hydroxyl groups is 1. The molecular weight excluding hydrogens is 318 g/mol. The molecule has 124 valence electrons. The Bertz CT molecular complexity index is 1000. The molecule has 0 saturated carbocycles. The van der Waals surface area contributed by atoms with Crippen molar-refractivity contribution in [2.24, 2.45) is 5.10 Å². The normalized spacial score (nSPS) is 15.0. The number of imidazole rings is 1.